The van der Waals surface area contributed by atoms with Crippen molar-refractivity contribution in [3.05, 3.63) is 0 Å². The third-order valence-electron chi connectivity index (χ3n) is 6.76. The summed E-state index contributed by atoms with van der Waals surface area (Å²) in [5.41, 5.74) is -0.782. The molecule has 0 amide bonds. The van der Waals surface area contributed by atoms with Crippen molar-refractivity contribution >= 4 is 0 Å². The van der Waals surface area contributed by atoms with Gasteiger partial charge in [0.15, 0.2) is 0 Å². The number of fused-ring (bicyclic) bond motifs is 2. The van der Waals surface area contributed by atoms with E-state index in [4.69, 9.17) is 0 Å². The Bertz CT molecular complexity index is 476. The second kappa shape index (κ2) is 6.42. The molecule has 3 rings (SSSR count). The molecular weight excluding hydrogens is 284 g/mol. The largest absolute Gasteiger partial charge is 0.308 e. The number of likely N-dealkylation sites (tertiary alicyclic amines) is 1. The zero-order valence-electron chi connectivity index (χ0n) is 14.7. The first-order valence-electron chi connectivity index (χ1n) is 9.34. The molecule has 1 aliphatic heterocycles. The van der Waals surface area contributed by atoms with E-state index in [9.17, 15) is 10.5 Å². The van der Waals surface area contributed by atoms with Crippen LogP contribution in [0.5, 0.6) is 0 Å². The predicted octanol–water partition coefficient (Wildman–Crippen LogP) is 3.16. The van der Waals surface area contributed by atoms with E-state index in [0.717, 1.165) is 45.2 Å². The van der Waals surface area contributed by atoms with Crippen molar-refractivity contribution in [2.45, 2.75) is 68.9 Å². The lowest BCUT2D eigenvalue weighted by Crippen LogP contribution is -2.71. The van der Waals surface area contributed by atoms with Crippen LogP contribution in [0.4, 0.5) is 0 Å². The van der Waals surface area contributed by atoms with E-state index in [0.29, 0.717) is 11.8 Å². The van der Waals surface area contributed by atoms with Crippen molar-refractivity contribution in [2.24, 2.45) is 11.8 Å². The minimum Gasteiger partial charge on any atom is -0.308 e. The first-order chi connectivity index (χ1) is 11.1. The fourth-order valence-electron chi connectivity index (χ4n) is 5.61. The summed E-state index contributed by atoms with van der Waals surface area (Å²) in [5.74, 6) is 0.931. The van der Waals surface area contributed by atoms with Crippen molar-refractivity contribution in [2.75, 3.05) is 27.2 Å². The lowest BCUT2D eigenvalue weighted by Gasteiger charge is -2.61. The summed E-state index contributed by atoms with van der Waals surface area (Å²) in [4.78, 5) is 4.58. The van der Waals surface area contributed by atoms with Gasteiger partial charge in [0.1, 0.15) is 11.1 Å². The highest BCUT2D eigenvalue weighted by Crippen LogP contribution is 2.55. The Morgan fingerprint density at radius 2 is 1.48 bits per heavy atom. The minimum atomic E-state index is -0.391. The van der Waals surface area contributed by atoms with E-state index in [1.165, 1.54) is 25.7 Å². The van der Waals surface area contributed by atoms with Gasteiger partial charge in [0, 0.05) is 13.1 Å². The highest BCUT2D eigenvalue weighted by Gasteiger charge is 2.61. The van der Waals surface area contributed by atoms with Gasteiger partial charge in [0.05, 0.1) is 12.1 Å². The number of likely N-dealkylation sites (N-methyl/N-ethyl adjacent to an activating group) is 1. The van der Waals surface area contributed by atoms with E-state index in [-0.39, 0.29) is 0 Å². The second-order valence-corrected chi connectivity index (χ2v) is 8.15. The highest BCUT2D eigenvalue weighted by molar-refractivity contribution is 5.27. The van der Waals surface area contributed by atoms with Gasteiger partial charge in [-0.25, -0.2) is 0 Å². The lowest BCUT2D eigenvalue weighted by atomic mass is 9.57. The number of nitrogens with zero attached hydrogens (tertiary/aromatic N) is 4. The van der Waals surface area contributed by atoms with Crippen LogP contribution >= 0.6 is 0 Å². The molecule has 0 radical (unpaired) electrons. The van der Waals surface area contributed by atoms with E-state index in [1.54, 1.807) is 0 Å². The molecule has 0 aromatic carbocycles. The summed E-state index contributed by atoms with van der Waals surface area (Å²) >= 11 is 0. The highest BCUT2D eigenvalue weighted by atomic mass is 15.3. The molecular formula is C19H30N4. The van der Waals surface area contributed by atoms with Crippen LogP contribution in [0.15, 0.2) is 0 Å². The summed E-state index contributed by atoms with van der Waals surface area (Å²) in [7, 11) is 4.16. The molecule has 3 fully saturated rings. The SMILES string of the molecule is CN(C)CCN1[C@]2(C#N)CCCC[C@@H]2C[C@H]2CCCC[C@]21C#N. The van der Waals surface area contributed by atoms with Crippen molar-refractivity contribution in [3.63, 3.8) is 0 Å². The molecule has 0 aromatic heterocycles. The Kier molecular flexibility index (Phi) is 4.68. The molecule has 0 unspecified atom stereocenters. The van der Waals surface area contributed by atoms with E-state index < -0.39 is 11.1 Å². The summed E-state index contributed by atoms with van der Waals surface area (Å²) < 4.78 is 0. The Balaban J connectivity index is 2.02. The summed E-state index contributed by atoms with van der Waals surface area (Å²) in [6, 6.07) is 5.48. The predicted molar refractivity (Wildman–Crippen MR) is 90.5 cm³/mol. The van der Waals surface area contributed by atoms with Crippen LogP contribution in [0.2, 0.25) is 0 Å². The molecule has 0 N–H and O–H groups in total. The first-order valence-corrected chi connectivity index (χ1v) is 9.34. The van der Waals surface area contributed by atoms with Gasteiger partial charge < -0.3 is 4.90 Å². The average molecular weight is 314 g/mol. The van der Waals surface area contributed by atoms with Gasteiger partial charge in [0.2, 0.25) is 0 Å². The molecule has 2 aliphatic carbocycles. The van der Waals surface area contributed by atoms with Gasteiger partial charge in [-0.1, -0.05) is 25.7 Å². The number of nitriles is 2. The number of piperidine rings is 1. The maximum absolute atomic E-state index is 10.2. The summed E-state index contributed by atoms with van der Waals surface area (Å²) in [6.07, 6.45) is 10.1. The van der Waals surface area contributed by atoms with Crippen LogP contribution < -0.4 is 0 Å². The molecule has 126 valence electrons. The van der Waals surface area contributed by atoms with Crippen LogP contribution in [0.25, 0.3) is 0 Å². The van der Waals surface area contributed by atoms with Crippen molar-refractivity contribution < 1.29 is 0 Å². The van der Waals surface area contributed by atoms with Crippen LogP contribution in [0, 0.1) is 34.5 Å². The van der Waals surface area contributed by atoms with Crippen molar-refractivity contribution in [1.82, 2.24) is 9.80 Å². The Morgan fingerprint density at radius 3 is 1.91 bits per heavy atom. The van der Waals surface area contributed by atoms with Gasteiger partial charge in [-0.05, 0) is 58.0 Å². The monoisotopic (exact) mass is 314 g/mol. The molecule has 0 bridgehead atoms. The molecule has 0 aromatic rings. The number of hydrogen-bond acceptors (Lipinski definition) is 4. The smallest absolute Gasteiger partial charge is 0.113 e. The van der Waals surface area contributed by atoms with Crippen LogP contribution in [-0.2, 0) is 0 Å². The molecule has 1 saturated heterocycles. The quantitative estimate of drug-likeness (QED) is 0.803. The zero-order valence-corrected chi connectivity index (χ0v) is 14.7. The van der Waals surface area contributed by atoms with Crippen molar-refractivity contribution in [1.29, 1.82) is 10.5 Å². The molecule has 0 spiro atoms. The van der Waals surface area contributed by atoms with Gasteiger partial charge in [-0.3, -0.25) is 4.90 Å². The number of hydrogen-bond donors (Lipinski definition) is 0. The van der Waals surface area contributed by atoms with Crippen LogP contribution in [-0.4, -0.2) is 48.1 Å². The maximum Gasteiger partial charge on any atom is 0.113 e. The molecule has 3 aliphatic rings. The van der Waals surface area contributed by atoms with Crippen LogP contribution in [0.3, 0.4) is 0 Å². The van der Waals surface area contributed by atoms with Crippen molar-refractivity contribution in [3.8, 4) is 12.1 Å². The first kappa shape index (κ1) is 16.7. The minimum absolute atomic E-state index is 0.391. The van der Waals surface area contributed by atoms with E-state index in [1.807, 2.05) is 0 Å². The van der Waals surface area contributed by atoms with Gasteiger partial charge in [-0.15, -0.1) is 0 Å². The average Bonchev–Trinajstić information content (AvgIpc) is 2.58. The number of rotatable bonds is 3. The fourth-order valence-corrected chi connectivity index (χ4v) is 5.61. The Morgan fingerprint density at radius 1 is 0.957 bits per heavy atom. The third-order valence-corrected chi connectivity index (χ3v) is 6.76. The van der Waals surface area contributed by atoms with Crippen LogP contribution in [0.1, 0.15) is 57.8 Å². The molecule has 4 atom stereocenters. The van der Waals surface area contributed by atoms with Gasteiger partial charge in [0.25, 0.3) is 0 Å². The summed E-state index contributed by atoms with van der Waals surface area (Å²) in [6.45, 7) is 1.77. The second-order valence-electron chi connectivity index (χ2n) is 8.15. The molecule has 4 heteroatoms. The molecule has 1 heterocycles. The van der Waals surface area contributed by atoms with E-state index in [2.05, 4.69) is 36.0 Å². The molecule has 2 saturated carbocycles. The lowest BCUT2D eigenvalue weighted by molar-refractivity contribution is -0.112. The molecule has 23 heavy (non-hydrogen) atoms. The summed E-state index contributed by atoms with van der Waals surface area (Å²) in [5, 5.41) is 20.4. The molecule has 4 nitrogen and oxygen atoms in total. The Labute approximate surface area is 141 Å². The Hall–Kier alpha value is -1.10. The standard InChI is InChI=1S/C19H30N4/c1-22(2)11-12-23-18(14-20)9-5-3-7-16(18)13-17-8-4-6-10-19(17,23)15-21/h16-17H,3-13H2,1-2H3/t16-,17-,18+,19+/m1/s1. The zero-order chi connectivity index (χ0) is 16.5. The van der Waals surface area contributed by atoms with Gasteiger partial charge in [-0.2, -0.15) is 10.5 Å². The fraction of sp³-hybridized carbons (Fsp3) is 0.895. The van der Waals surface area contributed by atoms with Gasteiger partial charge >= 0.3 is 0 Å². The third kappa shape index (κ3) is 2.57. The normalized spacial score (nSPS) is 40.7. The van der Waals surface area contributed by atoms with E-state index >= 15 is 0 Å². The maximum atomic E-state index is 10.2. The topological polar surface area (TPSA) is 54.1 Å².